The van der Waals surface area contributed by atoms with E-state index < -0.39 is 52.0 Å². The number of aliphatic hydroxyl groups excluding tert-OH is 2. The number of ether oxygens (including phenoxy) is 1. The minimum absolute atomic E-state index is 0.0212. The summed E-state index contributed by atoms with van der Waals surface area (Å²) in [5.41, 5.74) is -4.16. The second-order valence-electron chi connectivity index (χ2n) is 10.3. The molecule has 0 radical (unpaired) electrons. The molecule has 2 aliphatic rings. The predicted octanol–water partition coefficient (Wildman–Crippen LogP) is 1.75. The normalized spacial score (nSPS) is 40.4. The smallest absolute Gasteiger partial charge is 0.409 e. The van der Waals surface area contributed by atoms with Crippen molar-refractivity contribution in [2.75, 3.05) is 13.2 Å². The molecule has 0 aromatic carbocycles. The Bertz CT molecular complexity index is 710. The summed E-state index contributed by atoms with van der Waals surface area (Å²) in [6.45, 7) is 12.3. The lowest BCUT2D eigenvalue weighted by atomic mass is 9.41. The number of carbonyl (C=O) groups excluding carboxylic acids is 2. The highest BCUT2D eigenvalue weighted by atomic mass is 16.7. The molecule has 0 heterocycles. The molecular formula is C23H39NO7. The first-order chi connectivity index (χ1) is 14.2. The van der Waals surface area contributed by atoms with Gasteiger partial charge in [-0.2, -0.15) is 0 Å². The second kappa shape index (κ2) is 8.81. The summed E-state index contributed by atoms with van der Waals surface area (Å²) in [5.74, 6) is -4.29. The first kappa shape index (κ1) is 25.8. The van der Waals surface area contributed by atoms with Gasteiger partial charge in [-0.1, -0.05) is 33.8 Å². The predicted molar refractivity (Wildman–Crippen MR) is 115 cm³/mol. The summed E-state index contributed by atoms with van der Waals surface area (Å²) in [4.78, 5) is 25.9. The molecule has 0 unspecified atom stereocenters. The van der Waals surface area contributed by atoms with Crippen LogP contribution >= 0.6 is 0 Å². The quantitative estimate of drug-likeness (QED) is 0.300. The maximum absolute atomic E-state index is 13.6. The Kier molecular flexibility index (Phi) is 7.32. The third-order valence-corrected chi connectivity index (χ3v) is 8.04. The van der Waals surface area contributed by atoms with Crippen molar-refractivity contribution in [3.05, 3.63) is 12.7 Å². The molecule has 178 valence electrons. The van der Waals surface area contributed by atoms with Crippen LogP contribution in [0.1, 0.15) is 60.3 Å². The Morgan fingerprint density at radius 2 is 1.87 bits per heavy atom. The van der Waals surface area contributed by atoms with Crippen LogP contribution in [0.25, 0.3) is 0 Å². The zero-order valence-electron chi connectivity index (χ0n) is 19.4. The summed E-state index contributed by atoms with van der Waals surface area (Å²) in [6, 6.07) is 0. The molecule has 2 saturated carbocycles. The maximum atomic E-state index is 13.6. The fourth-order valence-corrected chi connectivity index (χ4v) is 5.87. The fourth-order valence-electron chi connectivity index (χ4n) is 5.87. The molecule has 0 bridgehead atoms. The minimum Gasteiger partial charge on any atom is -0.416 e. The van der Waals surface area contributed by atoms with Crippen LogP contribution in [0.5, 0.6) is 0 Å². The van der Waals surface area contributed by atoms with Gasteiger partial charge in [0.15, 0.2) is 5.78 Å². The van der Waals surface area contributed by atoms with Gasteiger partial charge in [-0.05, 0) is 37.0 Å². The van der Waals surface area contributed by atoms with Crippen molar-refractivity contribution in [3.8, 4) is 0 Å². The first-order valence-corrected chi connectivity index (χ1v) is 11.1. The van der Waals surface area contributed by atoms with E-state index in [1.807, 2.05) is 13.8 Å². The molecule has 31 heavy (non-hydrogen) atoms. The number of fused-ring (bicyclic) bond motifs is 1. The number of rotatable bonds is 7. The summed E-state index contributed by atoms with van der Waals surface area (Å²) in [5, 5.41) is 46.0. The van der Waals surface area contributed by atoms with Crippen molar-refractivity contribution >= 4 is 11.9 Å². The standard InChI is InChI=1S/C23H39NO7/c1-7-14(2)12-18(27)23(30)15(3)16(26)13-17-20(4,5)8-9-22(29,21(17,23)6)31-19(28)24-10-11-25/h7,14-17,25-26,29-30H,1,8-13H2,2-6H3,(H,24,28)/t14-,15+,16+,17+,21-,22-,23+/m1/s1. The number of allylic oxidation sites excluding steroid dienone is 1. The third kappa shape index (κ3) is 4.03. The maximum Gasteiger partial charge on any atom is 0.409 e. The molecule has 8 heteroatoms. The van der Waals surface area contributed by atoms with Crippen LogP contribution in [-0.2, 0) is 9.53 Å². The van der Waals surface area contributed by atoms with Gasteiger partial charge in [-0.3, -0.25) is 4.79 Å². The van der Waals surface area contributed by atoms with Gasteiger partial charge in [0.25, 0.3) is 0 Å². The van der Waals surface area contributed by atoms with E-state index in [1.54, 1.807) is 26.8 Å². The Morgan fingerprint density at radius 1 is 1.26 bits per heavy atom. The van der Waals surface area contributed by atoms with Crippen LogP contribution < -0.4 is 5.32 Å². The Hall–Kier alpha value is -1.48. The molecule has 2 aliphatic carbocycles. The van der Waals surface area contributed by atoms with Crippen molar-refractivity contribution in [2.24, 2.45) is 28.6 Å². The molecule has 5 N–H and O–H groups in total. The molecule has 0 aromatic rings. The molecule has 0 aromatic heterocycles. The monoisotopic (exact) mass is 441 g/mol. The highest BCUT2D eigenvalue weighted by molar-refractivity contribution is 5.89. The van der Waals surface area contributed by atoms with Gasteiger partial charge >= 0.3 is 6.09 Å². The molecule has 1 amide bonds. The highest BCUT2D eigenvalue weighted by Crippen LogP contribution is 2.66. The van der Waals surface area contributed by atoms with E-state index in [0.29, 0.717) is 6.42 Å². The Labute approximate surface area is 184 Å². The lowest BCUT2D eigenvalue weighted by Crippen LogP contribution is -2.77. The van der Waals surface area contributed by atoms with E-state index in [9.17, 15) is 24.9 Å². The number of hydrogen-bond acceptors (Lipinski definition) is 7. The SMILES string of the molecule is C=C[C@@H](C)CC(=O)[C@@]1(O)[C@@H](C)[C@@H](O)C[C@H]2C(C)(C)CC[C@@](O)(OC(=O)NCCO)[C@@]21C. The number of nitrogens with one attached hydrogen (secondary N) is 1. The van der Waals surface area contributed by atoms with Crippen LogP contribution in [-0.4, -0.2) is 62.9 Å². The number of amides is 1. The van der Waals surface area contributed by atoms with Gasteiger partial charge in [0, 0.05) is 25.3 Å². The summed E-state index contributed by atoms with van der Waals surface area (Å²) in [6.07, 6.45) is 0.426. The molecule has 2 fully saturated rings. The summed E-state index contributed by atoms with van der Waals surface area (Å²) in [7, 11) is 0. The number of Topliss-reactive ketones (excluding diaryl/α,β-unsaturated/α-hetero) is 1. The van der Waals surface area contributed by atoms with Crippen molar-refractivity contribution in [1.82, 2.24) is 5.32 Å². The topological polar surface area (TPSA) is 136 Å². The van der Waals surface area contributed by atoms with E-state index in [2.05, 4.69) is 11.9 Å². The van der Waals surface area contributed by atoms with E-state index in [4.69, 9.17) is 9.84 Å². The average molecular weight is 442 g/mol. The first-order valence-electron chi connectivity index (χ1n) is 11.1. The van der Waals surface area contributed by atoms with Crippen molar-refractivity contribution in [1.29, 1.82) is 0 Å². The largest absolute Gasteiger partial charge is 0.416 e. The van der Waals surface area contributed by atoms with Crippen LogP contribution in [0.3, 0.4) is 0 Å². The molecule has 0 saturated heterocycles. The molecular weight excluding hydrogens is 402 g/mol. The van der Waals surface area contributed by atoms with Gasteiger partial charge in [-0.15, -0.1) is 6.58 Å². The van der Waals surface area contributed by atoms with Crippen molar-refractivity contribution in [2.45, 2.75) is 77.8 Å². The summed E-state index contributed by atoms with van der Waals surface area (Å²) < 4.78 is 5.49. The molecule has 7 atom stereocenters. The number of ketones is 1. The van der Waals surface area contributed by atoms with Gasteiger partial charge in [0.05, 0.1) is 18.1 Å². The van der Waals surface area contributed by atoms with Crippen molar-refractivity contribution in [3.63, 3.8) is 0 Å². The van der Waals surface area contributed by atoms with Gasteiger partial charge in [0.1, 0.15) is 5.60 Å². The Balaban J connectivity index is 2.64. The lowest BCUT2D eigenvalue weighted by molar-refractivity contribution is -0.357. The highest BCUT2D eigenvalue weighted by Gasteiger charge is 2.75. The van der Waals surface area contributed by atoms with Crippen LogP contribution in [0.15, 0.2) is 12.7 Å². The van der Waals surface area contributed by atoms with E-state index >= 15 is 0 Å². The molecule has 0 spiro atoms. The zero-order valence-corrected chi connectivity index (χ0v) is 19.4. The fraction of sp³-hybridized carbons (Fsp3) is 0.826. The Morgan fingerprint density at radius 3 is 2.42 bits per heavy atom. The van der Waals surface area contributed by atoms with Gasteiger partial charge < -0.3 is 30.5 Å². The van der Waals surface area contributed by atoms with E-state index in [0.717, 1.165) is 0 Å². The van der Waals surface area contributed by atoms with Crippen molar-refractivity contribution < 1.29 is 34.8 Å². The van der Waals surface area contributed by atoms with E-state index in [-0.39, 0.29) is 38.3 Å². The molecule has 8 nitrogen and oxygen atoms in total. The summed E-state index contributed by atoms with van der Waals surface area (Å²) >= 11 is 0. The molecule has 0 aliphatic heterocycles. The van der Waals surface area contributed by atoms with Crippen LogP contribution in [0, 0.1) is 28.6 Å². The third-order valence-electron chi connectivity index (χ3n) is 8.04. The minimum atomic E-state index is -2.15. The number of hydrogen-bond donors (Lipinski definition) is 5. The van der Waals surface area contributed by atoms with E-state index in [1.165, 1.54) is 0 Å². The average Bonchev–Trinajstić information content (AvgIpc) is 2.70. The number of aliphatic hydroxyl groups is 4. The second-order valence-corrected chi connectivity index (χ2v) is 10.3. The van der Waals surface area contributed by atoms with Gasteiger partial charge in [0.2, 0.25) is 5.79 Å². The number of carbonyl (C=O) groups is 2. The lowest BCUT2D eigenvalue weighted by Gasteiger charge is -2.67. The van der Waals surface area contributed by atoms with Gasteiger partial charge in [-0.25, -0.2) is 4.79 Å². The zero-order chi connectivity index (χ0) is 23.8. The molecule has 2 rings (SSSR count). The van der Waals surface area contributed by atoms with Crippen LogP contribution in [0.2, 0.25) is 0 Å². The van der Waals surface area contributed by atoms with Crippen LogP contribution in [0.4, 0.5) is 4.79 Å². The number of alkyl carbamates (subject to hydrolysis) is 1.